The molecule has 16 heavy (non-hydrogen) atoms. The van der Waals surface area contributed by atoms with Gasteiger partial charge in [0.25, 0.3) is 0 Å². The first-order valence-electron chi connectivity index (χ1n) is 6.28. The van der Waals surface area contributed by atoms with E-state index in [-0.39, 0.29) is 0 Å². The number of hydrogen-bond acceptors (Lipinski definition) is 3. The fourth-order valence-corrected chi connectivity index (χ4v) is 3.27. The van der Waals surface area contributed by atoms with E-state index in [9.17, 15) is 0 Å². The molecule has 1 atom stereocenters. The summed E-state index contributed by atoms with van der Waals surface area (Å²) in [5, 5.41) is 7.11. The van der Waals surface area contributed by atoms with E-state index < -0.39 is 0 Å². The number of nitrogens with one attached hydrogen (secondary N) is 1. The predicted octanol–water partition coefficient (Wildman–Crippen LogP) is 3.37. The molecule has 90 valence electrons. The molecule has 0 saturated heterocycles. The molecule has 1 aliphatic carbocycles. The van der Waals surface area contributed by atoms with E-state index in [1.807, 2.05) is 0 Å². The Morgan fingerprint density at radius 1 is 1.56 bits per heavy atom. The Hall–Kier alpha value is -0.410. The monoisotopic (exact) mass is 238 g/mol. The highest BCUT2D eigenvalue weighted by molar-refractivity contribution is 7.09. The molecule has 1 saturated carbocycles. The highest BCUT2D eigenvalue weighted by Crippen LogP contribution is 2.37. The normalized spacial score (nSPS) is 23.8. The molecule has 1 aromatic heterocycles. The molecule has 0 aliphatic heterocycles. The molecule has 1 heterocycles. The van der Waals surface area contributed by atoms with Crippen LogP contribution >= 0.6 is 11.3 Å². The van der Waals surface area contributed by atoms with Gasteiger partial charge in [-0.1, -0.05) is 27.2 Å². The van der Waals surface area contributed by atoms with Crippen LogP contribution in [0, 0.1) is 5.41 Å². The summed E-state index contributed by atoms with van der Waals surface area (Å²) in [6, 6.07) is 0.666. The zero-order valence-corrected chi connectivity index (χ0v) is 11.4. The van der Waals surface area contributed by atoms with Crippen LogP contribution in [0.5, 0.6) is 0 Å². The van der Waals surface area contributed by atoms with Crippen LogP contribution in [-0.4, -0.2) is 11.0 Å². The second-order valence-electron chi connectivity index (χ2n) is 5.40. The number of thiazole rings is 1. The Labute approximate surface area is 102 Å². The van der Waals surface area contributed by atoms with Crippen molar-refractivity contribution in [1.29, 1.82) is 0 Å². The Morgan fingerprint density at radius 3 is 2.94 bits per heavy atom. The largest absolute Gasteiger partial charge is 0.308 e. The number of hydrogen-bond donors (Lipinski definition) is 1. The minimum atomic E-state index is 0.462. The summed E-state index contributed by atoms with van der Waals surface area (Å²) in [5.74, 6) is 0. The van der Waals surface area contributed by atoms with Crippen LogP contribution in [0.2, 0.25) is 0 Å². The molecule has 3 heteroatoms. The van der Waals surface area contributed by atoms with Crippen LogP contribution in [0.3, 0.4) is 0 Å². The van der Waals surface area contributed by atoms with Gasteiger partial charge >= 0.3 is 0 Å². The Morgan fingerprint density at radius 2 is 2.38 bits per heavy atom. The summed E-state index contributed by atoms with van der Waals surface area (Å²) < 4.78 is 0. The number of aryl methyl sites for hydroxylation is 1. The lowest BCUT2D eigenvalue weighted by molar-refractivity contribution is 0.282. The number of nitrogens with zero attached hydrogens (tertiary/aromatic N) is 1. The van der Waals surface area contributed by atoms with E-state index in [2.05, 4.69) is 36.5 Å². The molecule has 0 amide bonds. The molecular formula is C13H22N2S. The van der Waals surface area contributed by atoms with Gasteiger partial charge in [0.2, 0.25) is 0 Å². The van der Waals surface area contributed by atoms with E-state index in [0.29, 0.717) is 11.5 Å². The van der Waals surface area contributed by atoms with Gasteiger partial charge in [0.05, 0.1) is 10.7 Å². The predicted molar refractivity (Wildman–Crippen MR) is 69.8 cm³/mol. The van der Waals surface area contributed by atoms with Crippen LogP contribution in [0.1, 0.15) is 50.7 Å². The quantitative estimate of drug-likeness (QED) is 0.870. The number of aromatic nitrogens is 1. The maximum atomic E-state index is 4.59. The molecule has 1 fully saturated rings. The standard InChI is InChI=1S/C13H22N2S/c1-4-12-15-10(9-16-12)8-14-11-6-5-7-13(11,2)3/h9,11,14H,4-8H2,1-3H3. The van der Waals surface area contributed by atoms with Crippen LogP contribution in [0.25, 0.3) is 0 Å². The van der Waals surface area contributed by atoms with E-state index in [0.717, 1.165) is 13.0 Å². The van der Waals surface area contributed by atoms with Crippen molar-refractivity contribution in [3.63, 3.8) is 0 Å². The first-order chi connectivity index (χ1) is 7.62. The summed E-state index contributed by atoms with van der Waals surface area (Å²) in [6.45, 7) is 7.84. The summed E-state index contributed by atoms with van der Waals surface area (Å²) >= 11 is 1.78. The van der Waals surface area contributed by atoms with Crippen LogP contribution in [0.4, 0.5) is 0 Å². The SMILES string of the molecule is CCc1nc(CNC2CCCC2(C)C)cs1. The summed E-state index contributed by atoms with van der Waals surface area (Å²) in [7, 11) is 0. The van der Waals surface area contributed by atoms with Crippen molar-refractivity contribution in [2.45, 2.75) is 59.0 Å². The third kappa shape index (κ3) is 2.64. The molecule has 1 aliphatic rings. The fourth-order valence-electron chi connectivity index (χ4n) is 2.53. The lowest BCUT2D eigenvalue weighted by atomic mass is 9.87. The van der Waals surface area contributed by atoms with Gasteiger partial charge in [-0.3, -0.25) is 0 Å². The van der Waals surface area contributed by atoms with Gasteiger partial charge in [-0.15, -0.1) is 11.3 Å². The van der Waals surface area contributed by atoms with Crippen LogP contribution < -0.4 is 5.32 Å². The molecular weight excluding hydrogens is 216 g/mol. The van der Waals surface area contributed by atoms with Gasteiger partial charge in [-0.05, 0) is 24.7 Å². The highest BCUT2D eigenvalue weighted by Gasteiger charge is 2.33. The Balaban J connectivity index is 1.87. The minimum Gasteiger partial charge on any atom is -0.308 e. The lowest BCUT2D eigenvalue weighted by Gasteiger charge is -2.27. The average Bonchev–Trinajstić information content (AvgIpc) is 2.81. The molecule has 0 radical (unpaired) electrons. The maximum Gasteiger partial charge on any atom is 0.0926 e. The Kier molecular flexibility index (Phi) is 3.65. The topological polar surface area (TPSA) is 24.9 Å². The van der Waals surface area contributed by atoms with E-state index in [4.69, 9.17) is 0 Å². The smallest absolute Gasteiger partial charge is 0.0926 e. The average molecular weight is 238 g/mol. The van der Waals surface area contributed by atoms with E-state index in [1.165, 1.54) is 30.0 Å². The van der Waals surface area contributed by atoms with Crippen molar-refractivity contribution in [2.75, 3.05) is 0 Å². The molecule has 2 nitrogen and oxygen atoms in total. The molecule has 1 aromatic rings. The zero-order valence-electron chi connectivity index (χ0n) is 10.5. The van der Waals surface area contributed by atoms with Crippen LogP contribution in [0.15, 0.2) is 5.38 Å². The summed E-state index contributed by atoms with van der Waals surface area (Å²) in [5.41, 5.74) is 1.67. The van der Waals surface area contributed by atoms with Crippen molar-refractivity contribution < 1.29 is 0 Å². The van der Waals surface area contributed by atoms with Gasteiger partial charge in [0, 0.05) is 18.0 Å². The third-order valence-corrected chi connectivity index (χ3v) is 4.73. The van der Waals surface area contributed by atoms with Gasteiger partial charge < -0.3 is 5.32 Å². The van der Waals surface area contributed by atoms with Gasteiger partial charge in [-0.25, -0.2) is 4.98 Å². The van der Waals surface area contributed by atoms with Crippen molar-refractivity contribution in [2.24, 2.45) is 5.41 Å². The second-order valence-corrected chi connectivity index (χ2v) is 6.34. The zero-order chi connectivity index (χ0) is 11.6. The molecule has 2 rings (SSSR count). The van der Waals surface area contributed by atoms with Gasteiger partial charge in [0.1, 0.15) is 0 Å². The number of rotatable bonds is 4. The van der Waals surface area contributed by atoms with E-state index in [1.54, 1.807) is 11.3 Å². The molecule has 0 spiro atoms. The first-order valence-corrected chi connectivity index (χ1v) is 7.16. The molecule has 0 bridgehead atoms. The first kappa shape index (κ1) is 12.1. The molecule has 1 N–H and O–H groups in total. The van der Waals surface area contributed by atoms with E-state index >= 15 is 0 Å². The van der Waals surface area contributed by atoms with Crippen LogP contribution in [-0.2, 0) is 13.0 Å². The van der Waals surface area contributed by atoms with Crippen molar-refractivity contribution >= 4 is 11.3 Å². The highest BCUT2D eigenvalue weighted by atomic mass is 32.1. The van der Waals surface area contributed by atoms with Gasteiger partial charge in [0.15, 0.2) is 0 Å². The van der Waals surface area contributed by atoms with Crippen molar-refractivity contribution in [3.05, 3.63) is 16.1 Å². The second kappa shape index (κ2) is 4.84. The summed E-state index contributed by atoms with van der Waals surface area (Å²) in [4.78, 5) is 4.59. The summed E-state index contributed by atoms with van der Waals surface area (Å²) in [6.07, 6.45) is 5.08. The maximum absolute atomic E-state index is 4.59. The minimum absolute atomic E-state index is 0.462. The lowest BCUT2D eigenvalue weighted by Crippen LogP contribution is -2.37. The molecule has 1 unspecified atom stereocenters. The van der Waals surface area contributed by atoms with Crippen molar-refractivity contribution in [3.8, 4) is 0 Å². The third-order valence-electron chi connectivity index (χ3n) is 3.69. The molecule has 0 aromatic carbocycles. The fraction of sp³-hybridized carbons (Fsp3) is 0.769. The Bertz CT molecular complexity index is 343. The van der Waals surface area contributed by atoms with Crippen molar-refractivity contribution in [1.82, 2.24) is 10.3 Å². The van der Waals surface area contributed by atoms with Gasteiger partial charge in [-0.2, -0.15) is 0 Å².